The highest BCUT2D eigenvalue weighted by Crippen LogP contribution is 2.18. The Kier molecular flexibility index (Phi) is 5.24. The second kappa shape index (κ2) is 7.16. The number of benzene rings is 2. The van der Waals surface area contributed by atoms with E-state index >= 15 is 0 Å². The second-order valence-electron chi connectivity index (χ2n) is 4.11. The summed E-state index contributed by atoms with van der Waals surface area (Å²) in [5.74, 6) is 0.734. The molecular weight excluding hydrogens is 261 g/mol. The van der Waals surface area contributed by atoms with Crippen LogP contribution in [-0.2, 0) is 6.54 Å². The highest BCUT2D eigenvalue weighted by atomic mass is 32.2. The predicted molar refractivity (Wildman–Crippen MR) is 76.9 cm³/mol. The SMILES string of the molecule is Oc1ccc(F)cc1CNCCSc1ccccc1. The van der Waals surface area contributed by atoms with Crippen LogP contribution in [0.4, 0.5) is 4.39 Å². The lowest BCUT2D eigenvalue weighted by molar-refractivity contribution is 0.462. The molecule has 2 aromatic carbocycles. The Morgan fingerprint density at radius 2 is 1.89 bits per heavy atom. The van der Waals surface area contributed by atoms with Gasteiger partial charge in [0.2, 0.25) is 0 Å². The number of aromatic hydroxyl groups is 1. The van der Waals surface area contributed by atoms with Crippen molar-refractivity contribution in [1.29, 1.82) is 0 Å². The van der Waals surface area contributed by atoms with Crippen molar-refractivity contribution in [1.82, 2.24) is 5.32 Å². The van der Waals surface area contributed by atoms with E-state index in [1.165, 1.54) is 23.1 Å². The van der Waals surface area contributed by atoms with Crippen LogP contribution in [0.5, 0.6) is 5.75 Å². The zero-order chi connectivity index (χ0) is 13.5. The highest BCUT2D eigenvalue weighted by Gasteiger charge is 2.02. The van der Waals surface area contributed by atoms with Crippen molar-refractivity contribution in [3.63, 3.8) is 0 Å². The van der Waals surface area contributed by atoms with Gasteiger partial charge >= 0.3 is 0 Å². The van der Waals surface area contributed by atoms with E-state index in [4.69, 9.17) is 0 Å². The maximum absolute atomic E-state index is 13.0. The van der Waals surface area contributed by atoms with Gasteiger partial charge in [-0.15, -0.1) is 11.8 Å². The van der Waals surface area contributed by atoms with Crippen molar-refractivity contribution in [2.45, 2.75) is 11.4 Å². The van der Waals surface area contributed by atoms with Crippen LogP contribution in [0.2, 0.25) is 0 Å². The Bertz CT molecular complexity index is 519. The molecule has 2 N–H and O–H groups in total. The molecule has 0 radical (unpaired) electrons. The van der Waals surface area contributed by atoms with Crippen molar-refractivity contribution in [2.24, 2.45) is 0 Å². The molecule has 0 fully saturated rings. The maximum Gasteiger partial charge on any atom is 0.123 e. The van der Waals surface area contributed by atoms with Gasteiger partial charge in [0, 0.05) is 29.3 Å². The highest BCUT2D eigenvalue weighted by molar-refractivity contribution is 7.99. The van der Waals surface area contributed by atoms with Gasteiger partial charge in [0.05, 0.1) is 0 Å². The van der Waals surface area contributed by atoms with E-state index in [0.717, 1.165) is 12.3 Å². The zero-order valence-corrected chi connectivity index (χ0v) is 11.3. The summed E-state index contributed by atoms with van der Waals surface area (Å²) in [5, 5.41) is 12.8. The minimum Gasteiger partial charge on any atom is -0.508 e. The number of thioether (sulfide) groups is 1. The Balaban J connectivity index is 1.71. The van der Waals surface area contributed by atoms with Crippen LogP contribution in [0.3, 0.4) is 0 Å². The number of hydrogen-bond donors (Lipinski definition) is 2. The molecule has 19 heavy (non-hydrogen) atoms. The summed E-state index contributed by atoms with van der Waals surface area (Å²) < 4.78 is 13.0. The maximum atomic E-state index is 13.0. The van der Waals surface area contributed by atoms with Crippen LogP contribution in [-0.4, -0.2) is 17.4 Å². The molecule has 0 aliphatic rings. The van der Waals surface area contributed by atoms with Crippen LogP contribution in [0.25, 0.3) is 0 Å². The van der Waals surface area contributed by atoms with Crippen LogP contribution in [0.15, 0.2) is 53.4 Å². The minimum absolute atomic E-state index is 0.129. The molecule has 100 valence electrons. The monoisotopic (exact) mass is 277 g/mol. The number of nitrogens with one attached hydrogen (secondary N) is 1. The van der Waals surface area contributed by atoms with Gasteiger partial charge in [-0.2, -0.15) is 0 Å². The molecule has 0 heterocycles. The van der Waals surface area contributed by atoms with E-state index in [1.54, 1.807) is 11.8 Å². The van der Waals surface area contributed by atoms with Gasteiger partial charge in [-0.25, -0.2) is 4.39 Å². The molecule has 0 saturated heterocycles. The fourth-order valence-electron chi connectivity index (χ4n) is 1.68. The molecule has 0 amide bonds. The molecule has 0 aromatic heterocycles. The van der Waals surface area contributed by atoms with Crippen LogP contribution in [0, 0.1) is 5.82 Å². The second-order valence-corrected chi connectivity index (χ2v) is 5.28. The standard InChI is InChI=1S/C15H16FNOS/c16-13-6-7-15(18)12(10-13)11-17-8-9-19-14-4-2-1-3-5-14/h1-7,10,17-18H,8-9,11H2. The number of halogens is 1. The summed E-state index contributed by atoms with van der Waals surface area (Å²) in [6.07, 6.45) is 0. The molecule has 0 aliphatic heterocycles. The molecule has 2 rings (SSSR count). The normalized spacial score (nSPS) is 10.6. The molecule has 2 aromatic rings. The van der Waals surface area contributed by atoms with Gasteiger partial charge in [0.25, 0.3) is 0 Å². The first kappa shape index (κ1) is 13.9. The zero-order valence-electron chi connectivity index (χ0n) is 10.5. The van der Waals surface area contributed by atoms with Gasteiger partial charge in [-0.1, -0.05) is 18.2 Å². The van der Waals surface area contributed by atoms with Crippen molar-refractivity contribution in [3.8, 4) is 5.75 Å². The number of phenols is 1. The Labute approximate surface area is 116 Å². The predicted octanol–water partition coefficient (Wildman–Crippen LogP) is 3.41. The summed E-state index contributed by atoms with van der Waals surface area (Å²) in [6, 6.07) is 14.2. The third kappa shape index (κ3) is 4.58. The Hall–Kier alpha value is -1.52. The lowest BCUT2D eigenvalue weighted by Crippen LogP contribution is -2.16. The van der Waals surface area contributed by atoms with E-state index in [0.29, 0.717) is 12.1 Å². The quantitative estimate of drug-likeness (QED) is 0.627. The van der Waals surface area contributed by atoms with Crippen LogP contribution >= 0.6 is 11.8 Å². The molecule has 0 saturated carbocycles. The molecule has 0 unspecified atom stereocenters. The van der Waals surface area contributed by atoms with E-state index in [2.05, 4.69) is 17.4 Å². The topological polar surface area (TPSA) is 32.3 Å². The summed E-state index contributed by atoms with van der Waals surface area (Å²) in [4.78, 5) is 1.23. The van der Waals surface area contributed by atoms with Gasteiger partial charge in [0.15, 0.2) is 0 Å². The Morgan fingerprint density at radius 3 is 2.68 bits per heavy atom. The molecular formula is C15H16FNOS. The van der Waals surface area contributed by atoms with E-state index in [1.807, 2.05) is 18.2 Å². The first-order valence-corrected chi connectivity index (χ1v) is 7.10. The smallest absolute Gasteiger partial charge is 0.123 e. The summed E-state index contributed by atoms with van der Waals surface area (Å²) >= 11 is 1.76. The molecule has 0 spiro atoms. The average Bonchev–Trinajstić information content (AvgIpc) is 2.43. The Morgan fingerprint density at radius 1 is 1.11 bits per heavy atom. The van der Waals surface area contributed by atoms with E-state index in [-0.39, 0.29) is 11.6 Å². The average molecular weight is 277 g/mol. The van der Waals surface area contributed by atoms with Crippen molar-refractivity contribution < 1.29 is 9.50 Å². The van der Waals surface area contributed by atoms with Gasteiger partial charge in [0.1, 0.15) is 11.6 Å². The number of rotatable bonds is 6. The summed E-state index contributed by atoms with van der Waals surface area (Å²) in [7, 11) is 0. The molecule has 0 atom stereocenters. The summed E-state index contributed by atoms with van der Waals surface area (Å²) in [5.41, 5.74) is 0.588. The largest absolute Gasteiger partial charge is 0.508 e. The third-order valence-electron chi connectivity index (χ3n) is 2.65. The minimum atomic E-state index is -0.326. The lowest BCUT2D eigenvalue weighted by Gasteiger charge is -2.07. The first-order chi connectivity index (χ1) is 9.25. The fourth-order valence-corrected chi connectivity index (χ4v) is 2.51. The fraction of sp³-hybridized carbons (Fsp3) is 0.200. The number of hydrogen-bond acceptors (Lipinski definition) is 3. The third-order valence-corrected chi connectivity index (χ3v) is 3.66. The van der Waals surface area contributed by atoms with Gasteiger partial charge < -0.3 is 10.4 Å². The van der Waals surface area contributed by atoms with Crippen molar-refractivity contribution in [2.75, 3.05) is 12.3 Å². The van der Waals surface area contributed by atoms with Gasteiger partial charge in [-0.05, 0) is 30.3 Å². The van der Waals surface area contributed by atoms with E-state index < -0.39 is 0 Å². The van der Waals surface area contributed by atoms with E-state index in [9.17, 15) is 9.50 Å². The van der Waals surface area contributed by atoms with Crippen LogP contribution < -0.4 is 5.32 Å². The number of phenolic OH excluding ortho intramolecular Hbond substituents is 1. The lowest BCUT2D eigenvalue weighted by atomic mass is 10.2. The molecule has 0 bridgehead atoms. The van der Waals surface area contributed by atoms with Crippen LogP contribution in [0.1, 0.15) is 5.56 Å². The summed E-state index contributed by atoms with van der Waals surface area (Å²) in [6.45, 7) is 1.27. The molecule has 4 heteroatoms. The molecule has 0 aliphatic carbocycles. The molecule has 2 nitrogen and oxygen atoms in total. The van der Waals surface area contributed by atoms with Crippen molar-refractivity contribution in [3.05, 3.63) is 59.9 Å². The van der Waals surface area contributed by atoms with Crippen molar-refractivity contribution >= 4 is 11.8 Å². The van der Waals surface area contributed by atoms with Gasteiger partial charge in [-0.3, -0.25) is 0 Å². The first-order valence-electron chi connectivity index (χ1n) is 6.11.